The van der Waals surface area contributed by atoms with Crippen molar-refractivity contribution >= 4 is 58.0 Å². The molecule has 1 unspecified atom stereocenters. The van der Waals surface area contributed by atoms with Crippen LogP contribution in [0.4, 0.5) is 0 Å². The summed E-state index contributed by atoms with van der Waals surface area (Å²) in [4.78, 5) is -1.29. The van der Waals surface area contributed by atoms with Crippen LogP contribution in [0.2, 0.25) is 0 Å². The summed E-state index contributed by atoms with van der Waals surface area (Å²) in [6.07, 6.45) is 1.75. The highest BCUT2D eigenvalue weighted by Crippen LogP contribution is 2.32. The molecule has 0 aliphatic rings. The van der Waals surface area contributed by atoms with E-state index in [1.165, 1.54) is 0 Å². The van der Waals surface area contributed by atoms with Crippen LogP contribution < -0.4 is 0 Å². The molecule has 0 N–H and O–H groups in total. The Bertz CT molecular complexity index is 95.1. The average molecular weight is 257 g/mol. The van der Waals surface area contributed by atoms with Crippen LogP contribution in [-0.2, 0) is 0 Å². The fourth-order valence-electron chi connectivity index (χ4n) is 0.610. The van der Waals surface area contributed by atoms with E-state index >= 15 is 0 Å². The third-order valence-electron chi connectivity index (χ3n) is 1.27. The average Bonchev–Trinajstić information content (AvgIpc) is 1.85. The van der Waals surface area contributed by atoms with Gasteiger partial charge in [-0.2, -0.15) is 0 Å². The van der Waals surface area contributed by atoms with Gasteiger partial charge in [0.1, 0.15) is 9.67 Å². The van der Waals surface area contributed by atoms with Crippen molar-refractivity contribution in [2.75, 3.05) is 0 Å². The molecule has 0 aromatic heterocycles. The SMILES string of the molecule is C[CH]C(Cl)C(C(Cl)Cl)C(Cl)Cl. The second kappa shape index (κ2) is 5.99. The molecule has 0 saturated carbocycles. The predicted molar refractivity (Wildman–Crippen MR) is 54.1 cm³/mol. The lowest BCUT2D eigenvalue weighted by Gasteiger charge is -2.22. The van der Waals surface area contributed by atoms with Crippen LogP contribution in [0.25, 0.3) is 0 Å². The Labute approximate surface area is 92.1 Å². The fraction of sp³-hybridized carbons (Fsp3) is 0.833. The van der Waals surface area contributed by atoms with Gasteiger partial charge in [0.25, 0.3) is 0 Å². The molecule has 0 aliphatic heterocycles. The van der Waals surface area contributed by atoms with Crippen molar-refractivity contribution in [3.63, 3.8) is 0 Å². The van der Waals surface area contributed by atoms with Gasteiger partial charge in [-0.05, 0) is 6.42 Å². The summed E-state index contributed by atoms with van der Waals surface area (Å²) < 4.78 is 0. The molecule has 67 valence electrons. The summed E-state index contributed by atoms with van der Waals surface area (Å²) in [6.45, 7) is 1.80. The van der Waals surface area contributed by atoms with E-state index in [4.69, 9.17) is 58.0 Å². The van der Waals surface area contributed by atoms with Gasteiger partial charge in [-0.1, -0.05) is 6.92 Å². The fourth-order valence-corrected chi connectivity index (χ4v) is 2.71. The Kier molecular flexibility index (Phi) is 6.78. The molecule has 0 saturated heterocycles. The van der Waals surface area contributed by atoms with E-state index in [1.807, 2.05) is 0 Å². The highest BCUT2D eigenvalue weighted by atomic mass is 35.5. The summed E-state index contributed by atoms with van der Waals surface area (Å²) in [6, 6.07) is 0. The van der Waals surface area contributed by atoms with Crippen LogP contribution in [0, 0.1) is 12.3 Å². The quantitative estimate of drug-likeness (QED) is 0.667. The van der Waals surface area contributed by atoms with Gasteiger partial charge in [0, 0.05) is 11.3 Å². The lowest BCUT2D eigenvalue weighted by atomic mass is 10.1. The highest BCUT2D eigenvalue weighted by molar-refractivity contribution is 6.49. The monoisotopic (exact) mass is 255 g/mol. The summed E-state index contributed by atoms with van der Waals surface area (Å²) in [5.74, 6) is -0.326. The van der Waals surface area contributed by atoms with Crippen molar-refractivity contribution in [1.29, 1.82) is 0 Å². The van der Waals surface area contributed by atoms with Gasteiger partial charge in [-0.25, -0.2) is 0 Å². The van der Waals surface area contributed by atoms with Gasteiger partial charge in [0.15, 0.2) is 0 Å². The van der Waals surface area contributed by atoms with Gasteiger partial charge in [0.05, 0.1) is 0 Å². The minimum Gasteiger partial charge on any atom is -0.122 e. The summed E-state index contributed by atoms with van der Waals surface area (Å²) in [5.41, 5.74) is 0. The molecule has 0 aliphatic carbocycles. The zero-order valence-corrected chi connectivity index (χ0v) is 9.56. The van der Waals surface area contributed by atoms with Crippen molar-refractivity contribution in [2.45, 2.75) is 22.0 Å². The molecule has 1 atom stereocenters. The molecule has 11 heavy (non-hydrogen) atoms. The zero-order valence-electron chi connectivity index (χ0n) is 5.78. The van der Waals surface area contributed by atoms with E-state index in [0.29, 0.717) is 0 Å². The first kappa shape index (κ1) is 12.4. The van der Waals surface area contributed by atoms with Gasteiger partial charge in [-0.15, -0.1) is 58.0 Å². The molecule has 0 bridgehead atoms. The Morgan fingerprint density at radius 2 is 1.27 bits per heavy atom. The molecule has 0 aromatic carbocycles. The third-order valence-corrected chi connectivity index (χ3v) is 2.97. The molecular weight excluding hydrogens is 249 g/mol. The molecule has 0 nitrogen and oxygen atoms in total. The topological polar surface area (TPSA) is 0 Å². The first-order chi connectivity index (χ1) is 5.00. The number of alkyl halides is 5. The molecule has 5 heteroatoms. The van der Waals surface area contributed by atoms with Crippen molar-refractivity contribution in [1.82, 2.24) is 0 Å². The third kappa shape index (κ3) is 4.28. The van der Waals surface area contributed by atoms with Gasteiger partial charge >= 0.3 is 0 Å². The van der Waals surface area contributed by atoms with Crippen LogP contribution in [-0.4, -0.2) is 15.0 Å². The Morgan fingerprint density at radius 1 is 0.909 bits per heavy atom. The van der Waals surface area contributed by atoms with Crippen LogP contribution in [0.1, 0.15) is 6.92 Å². The lowest BCUT2D eigenvalue weighted by Crippen LogP contribution is -2.27. The minimum atomic E-state index is -0.645. The number of halogens is 5. The van der Waals surface area contributed by atoms with Crippen molar-refractivity contribution in [2.24, 2.45) is 5.92 Å². The van der Waals surface area contributed by atoms with E-state index in [2.05, 4.69) is 0 Å². The van der Waals surface area contributed by atoms with Crippen molar-refractivity contribution in [3.8, 4) is 0 Å². The van der Waals surface area contributed by atoms with Crippen molar-refractivity contribution < 1.29 is 0 Å². The van der Waals surface area contributed by atoms with Gasteiger partial charge in [-0.3, -0.25) is 0 Å². The van der Waals surface area contributed by atoms with Crippen LogP contribution >= 0.6 is 58.0 Å². The number of rotatable bonds is 4. The Hall–Kier alpha value is 1.45. The number of hydrogen-bond donors (Lipinski definition) is 0. The molecular formula is C6H8Cl5. The minimum absolute atomic E-state index is 0.296. The van der Waals surface area contributed by atoms with Crippen molar-refractivity contribution in [3.05, 3.63) is 6.42 Å². The van der Waals surface area contributed by atoms with Crippen LogP contribution in [0.5, 0.6) is 0 Å². The maximum Gasteiger partial charge on any atom is 0.114 e. The molecule has 0 heterocycles. The molecule has 0 rings (SSSR count). The first-order valence-corrected chi connectivity index (χ1v) is 5.18. The van der Waals surface area contributed by atoms with Gasteiger partial charge in [0.2, 0.25) is 0 Å². The smallest absolute Gasteiger partial charge is 0.114 e. The van der Waals surface area contributed by atoms with Crippen LogP contribution in [0.15, 0.2) is 0 Å². The highest BCUT2D eigenvalue weighted by Gasteiger charge is 2.30. The molecule has 1 radical (unpaired) electrons. The second-order valence-corrected chi connectivity index (χ2v) is 4.86. The largest absolute Gasteiger partial charge is 0.122 e. The normalized spacial score (nSPS) is 15.0. The molecule has 0 fully saturated rings. The first-order valence-electron chi connectivity index (χ1n) is 3.00. The Balaban J connectivity index is 4.09. The summed E-state index contributed by atoms with van der Waals surface area (Å²) in [5, 5.41) is -0.296. The van der Waals surface area contributed by atoms with E-state index in [9.17, 15) is 0 Å². The summed E-state index contributed by atoms with van der Waals surface area (Å²) >= 11 is 28.2. The van der Waals surface area contributed by atoms with Gasteiger partial charge < -0.3 is 0 Å². The summed E-state index contributed by atoms with van der Waals surface area (Å²) in [7, 11) is 0. The van der Waals surface area contributed by atoms with E-state index < -0.39 is 9.67 Å². The standard InChI is InChI=1S/C6H8Cl5/c1-2-3(7)4(5(8)9)6(10)11/h2-6H,1H3. The van der Waals surface area contributed by atoms with E-state index in [1.54, 1.807) is 13.3 Å². The Morgan fingerprint density at radius 3 is 1.36 bits per heavy atom. The maximum absolute atomic E-state index is 5.83. The van der Waals surface area contributed by atoms with Crippen LogP contribution in [0.3, 0.4) is 0 Å². The zero-order chi connectivity index (χ0) is 9.02. The lowest BCUT2D eigenvalue weighted by molar-refractivity contribution is 0.605. The molecule has 0 aromatic rings. The van der Waals surface area contributed by atoms with E-state index in [0.717, 1.165) is 0 Å². The molecule has 0 spiro atoms. The molecule has 0 amide bonds. The predicted octanol–water partition coefficient (Wildman–Crippen LogP) is 4.04. The maximum atomic E-state index is 5.83. The second-order valence-electron chi connectivity index (χ2n) is 2.02. The van der Waals surface area contributed by atoms with E-state index in [-0.39, 0.29) is 11.3 Å². The number of hydrogen-bond acceptors (Lipinski definition) is 0.